The van der Waals surface area contributed by atoms with E-state index in [1.54, 1.807) is 0 Å². The van der Waals surface area contributed by atoms with Crippen molar-refractivity contribution < 1.29 is 47.6 Å². The van der Waals surface area contributed by atoms with Crippen LogP contribution in [0.25, 0.3) is 55.2 Å². The van der Waals surface area contributed by atoms with E-state index in [0.717, 1.165) is 80.9 Å². The summed E-state index contributed by atoms with van der Waals surface area (Å²) in [5, 5.41) is 14.1. The summed E-state index contributed by atoms with van der Waals surface area (Å²) in [6.07, 6.45) is 0.352. The second-order valence-electron chi connectivity index (χ2n) is 20.7. The molecular weight excluding hydrogens is 996 g/mol. The van der Waals surface area contributed by atoms with Gasteiger partial charge in [-0.2, -0.15) is 13.2 Å². The van der Waals surface area contributed by atoms with Crippen LogP contribution in [-0.2, 0) is 36.7 Å². The number of carbonyl (C=O) groups excluding carboxylic acids is 1. The number of rotatable bonds is 13. The van der Waals surface area contributed by atoms with Crippen LogP contribution < -0.4 is 0 Å². The number of aromatic nitrogens is 1. The summed E-state index contributed by atoms with van der Waals surface area (Å²) >= 11 is 0. The molecule has 0 atom stereocenters. The molecule has 6 aromatic rings. The van der Waals surface area contributed by atoms with Gasteiger partial charge in [0.1, 0.15) is 17.1 Å². The zero-order chi connectivity index (χ0) is 47.7. The third kappa shape index (κ3) is 11.1. The Bertz CT molecular complexity index is 2620. The van der Waals surface area contributed by atoms with Crippen molar-refractivity contribution in [2.75, 3.05) is 0 Å². The van der Waals surface area contributed by atoms with Crippen molar-refractivity contribution in [2.24, 2.45) is 16.2 Å². The molecule has 0 aliphatic rings. The van der Waals surface area contributed by atoms with Gasteiger partial charge in [-0.1, -0.05) is 157 Å². The van der Waals surface area contributed by atoms with Gasteiger partial charge in [0.2, 0.25) is 0 Å². The standard InChI is InChI=1S/C42H43F3NO.C15H28O2.Ir/c1-24(2)31-18-26(23-41(8,9)42(43,44)45)19-32(25(3)4)37(31)36-22-33-38(46-35-17-13-12-16-30(35)39(33)47-36)28-20-27-14-10-11-15-29(27)34(21-28)40(5,6)7;1-7-14(5,8-2)12(16)11-13(17)15(6,9-3)10-4;/h10-19,21-22,24-25H,23H2,1-9H3;11,16H,7-10H2,1-6H3;/q-1;;/b;12-11-;. The smallest absolute Gasteiger partial charge is 0.394 e. The van der Waals surface area contributed by atoms with E-state index >= 15 is 0 Å². The predicted octanol–water partition coefficient (Wildman–Crippen LogP) is 17.6. The maximum atomic E-state index is 14.0. The van der Waals surface area contributed by atoms with E-state index in [0.29, 0.717) is 11.3 Å². The predicted molar refractivity (Wildman–Crippen MR) is 262 cm³/mol. The normalized spacial score (nSPS) is 13.1. The van der Waals surface area contributed by atoms with E-state index in [2.05, 4.69) is 84.9 Å². The first-order chi connectivity index (χ1) is 29.7. The Balaban J connectivity index is 0.000000438. The second kappa shape index (κ2) is 20.3. The zero-order valence-corrected chi connectivity index (χ0v) is 43.8. The van der Waals surface area contributed by atoms with E-state index in [9.17, 15) is 23.1 Å². The van der Waals surface area contributed by atoms with Gasteiger partial charge in [-0.25, -0.2) is 0 Å². The number of carbonyl (C=O) groups is 1. The molecule has 0 unspecified atom stereocenters. The van der Waals surface area contributed by atoms with Crippen LogP contribution in [0.15, 0.2) is 89.0 Å². The van der Waals surface area contributed by atoms with Gasteiger partial charge in [0.15, 0.2) is 5.78 Å². The second-order valence-corrected chi connectivity index (χ2v) is 20.7. The molecule has 0 amide bonds. The number of alkyl halides is 3. The molecule has 6 rings (SSSR count). The van der Waals surface area contributed by atoms with Crippen LogP contribution in [0.3, 0.4) is 0 Å². The Kier molecular flexibility index (Phi) is 16.7. The monoisotopic (exact) mass is 1070 g/mol. The maximum Gasteiger partial charge on any atom is 0.394 e. The SMILES string of the molecule is CC(C)c1cc(CC(C)(C)C(F)(F)F)cc(C(C)C)c1-c1cc2c(-c3[c-]c4ccccc4c(C(C)(C)C)c3)nc3ccccc3c2o1.CCC(C)(CC)C(=O)/C=C(\O)C(C)(CC)CC.[Ir]. The number of hydrogen-bond acceptors (Lipinski definition) is 4. The van der Waals surface area contributed by atoms with E-state index in [4.69, 9.17) is 9.40 Å². The third-order valence-electron chi connectivity index (χ3n) is 14.0. The quantitative estimate of drug-likeness (QED) is 0.0711. The number of hydrogen-bond donors (Lipinski definition) is 1. The number of allylic oxidation sites excluding steroid dienone is 2. The van der Waals surface area contributed by atoms with Crippen LogP contribution in [-0.4, -0.2) is 22.1 Å². The number of pyridine rings is 1. The Hall–Kier alpha value is -4.26. The molecule has 8 heteroatoms. The number of para-hydroxylation sites is 1. The molecule has 2 heterocycles. The number of benzene rings is 4. The molecule has 0 aliphatic heterocycles. The van der Waals surface area contributed by atoms with Crippen LogP contribution in [0.2, 0.25) is 0 Å². The Morgan fingerprint density at radius 1 is 0.738 bits per heavy atom. The van der Waals surface area contributed by atoms with Gasteiger partial charge in [0.25, 0.3) is 0 Å². The number of ketones is 1. The third-order valence-corrected chi connectivity index (χ3v) is 14.0. The summed E-state index contributed by atoms with van der Waals surface area (Å²) in [5.41, 5.74) is 5.52. The molecule has 0 saturated carbocycles. The minimum absolute atomic E-state index is 0. The Morgan fingerprint density at radius 3 is 1.77 bits per heavy atom. The molecular formula is C57H71F3IrNO3-. The van der Waals surface area contributed by atoms with E-state index in [1.807, 2.05) is 84.0 Å². The van der Waals surface area contributed by atoms with Gasteiger partial charge in [-0.05, 0) is 84.2 Å². The first-order valence-electron chi connectivity index (χ1n) is 23.2. The number of halogens is 3. The maximum absolute atomic E-state index is 14.0. The number of aliphatic hydroxyl groups is 1. The fourth-order valence-corrected chi connectivity index (χ4v) is 8.36. The molecule has 4 nitrogen and oxygen atoms in total. The van der Waals surface area contributed by atoms with Crippen LogP contribution >= 0.6 is 0 Å². The van der Waals surface area contributed by atoms with Crippen molar-refractivity contribution in [1.29, 1.82) is 0 Å². The summed E-state index contributed by atoms with van der Waals surface area (Å²) in [6, 6.07) is 28.2. The molecule has 0 fully saturated rings. The topological polar surface area (TPSA) is 63.3 Å². The average Bonchev–Trinajstić information content (AvgIpc) is 3.69. The average molecular weight is 1070 g/mol. The van der Waals surface area contributed by atoms with E-state index in [-0.39, 0.29) is 66.1 Å². The van der Waals surface area contributed by atoms with Crippen LogP contribution in [0.4, 0.5) is 13.2 Å². The molecule has 2 aromatic heterocycles. The molecule has 0 saturated heterocycles. The van der Waals surface area contributed by atoms with Crippen molar-refractivity contribution >= 4 is 38.4 Å². The first kappa shape index (κ1) is 53.4. The summed E-state index contributed by atoms with van der Waals surface area (Å²) in [5.74, 6) is 1.10. The number of aliphatic hydroxyl groups excluding tert-OH is 1. The zero-order valence-electron chi connectivity index (χ0n) is 41.4. The number of fused-ring (bicyclic) bond motifs is 4. The van der Waals surface area contributed by atoms with Gasteiger partial charge < -0.3 is 9.52 Å². The molecule has 65 heavy (non-hydrogen) atoms. The van der Waals surface area contributed by atoms with Gasteiger partial charge in [0.05, 0.1) is 10.9 Å². The first-order valence-corrected chi connectivity index (χ1v) is 23.2. The van der Waals surface area contributed by atoms with Gasteiger partial charge >= 0.3 is 6.18 Å². The van der Waals surface area contributed by atoms with Crippen LogP contribution in [0, 0.1) is 22.3 Å². The van der Waals surface area contributed by atoms with Crippen LogP contribution in [0.5, 0.6) is 0 Å². The number of furan rings is 1. The van der Waals surface area contributed by atoms with E-state index in [1.165, 1.54) is 30.9 Å². The molecule has 1 N–H and O–H groups in total. The molecule has 0 bridgehead atoms. The van der Waals surface area contributed by atoms with Gasteiger partial charge in [-0.3, -0.25) is 9.78 Å². The minimum atomic E-state index is -4.31. The summed E-state index contributed by atoms with van der Waals surface area (Å²) in [6.45, 7) is 29.6. The summed E-state index contributed by atoms with van der Waals surface area (Å²) < 4.78 is 48.7. The fourth-order valence-electron chi connectivity index (χ4n) is 8.36. The number of nitrogens with zero attached hydrogens (tertiary/aromatic N) is 1. The van der Waals surface area contributed by atoms with Crippen molar-refractivity contribution in [3.8, 4) is 22.6 Å². The summed E-state index contributed by atoms with van der Waals surface area (Å²) in [7, 11) is 0. The summed E-state index contributed by atoms with van der Waals surface area (Å²) in [4.78, 5) is 17.4. The minimum Gasteiger partial charge on any atom is -0.512 e. The fraction of sp³-hybridized carbons (Fsp3) is 0.474. The van der Waals surface area contributed by atoms with Crippen molar-refractivity contribution in [3.63, 3.8) is 0 Å². The Labute approximate surface area is 400 Å². The van der Waals surface area contributed by atoms with Crippen molar-refractivity contribution in [2.45, 2.75) is 159 Å². The molecule has 353 valence electrons. The molecule has 1 radical (unpaired) electrons. The molecule has 0 aliphatic carbocycles. The van der Waals surface area contributed by atoms with Gasteiger partial charge in [-0.15, -0.1) is 29.1 Å². The van der Waals surface area contributed by atoms with Crippen LogP contribution in [0.1, 0.15) is 164 Å². The molecule has 4 aromatic carbocycles. The van der Waals surface area contributed by atoms with Gasteiger partial charge in [0, 0.05) is 59.0 Å². The largest absolute Gasteiger partial charge is 0.512 e. The molecule has 0 spiro atoms. The van der Waals surface area contributed by atoms with Crippen molar-refractivity contribution in [1.82, 2.24) is 4.98 Å². The van der Waals surface area contributed by atoms with E-state index < -0.39 is 11.6 Å². The Morgan fingerprint density at radius 2 is 1.26 bits per heavy atom. The van der Waals surface area contributed by atoms with Crippen molar-refractivity contribution in [3.05, 3.63) is 113 Å².